The zero-order chi connectivity index (χ0) is 16.6. The van der Waals surface area contributed by atoms with Gasteiger partial charge in [0.1, 0.15) is 5.75 Å². The topological polar surface area (TPSA) is 70.6 Å². The van der Waals surface area contributed by atoms with E-state index in [-0.39, 0.29) is 18.1 Å². The van der Waals surface area contributed by atoms with Gasteiger partial charge in [-0.3, -0.25) is 0 Å². The average Bonchev–Trinajstić information content (AvgIpc) is 2.53. The summed E-state index contributed by atoms with van der Waals surface area (Å²) in [4.78, 5) is 12.1. The number of hydrogen-bond acceptors (Lipinski definition) is 3. The molecule has 0 aromatic heterocycles. The minimum Gasteiger partial charge on any atom is -0.497 e. The number of benzene rings is 1. The van der Waals surface area contributed by atoms with Gasteiger partial charge in [-0.25, -0.2) is 4.79 Å². The Morgan fingerprint density at radius 1 is 1.36 bits per heavy atom. The standard InChI is InChI=1S/C16H25ClN2O3/c1-4-16(5-2,8-9-20)11-18-15(21)19-14-10-12(22-3)6-7-13(14)17/h6-7,10,20H,4-5,8-9,11H2,1-3H3,(H2,18,19,21). The highest BCUT2D eigenvalue weighted by Gasteiger charge is 2.26. The van der Waals surface area contributed by atoms with E-state index in [0.29, 0.717) is 29.4 Å². The molecule has 0 fully saturated rings. The van der Waals surface area contributed by atoms with Crippen LogP contribution >= 0.6 is 11.6 Å². The number of amides is 2. The molecule has 5 nitrogen and oxygen atoms in total. The highest BCUT2D eigenvalue weighted by atomic mass is 35.5. The fraction of sp³-hybridized carbons (Fsp3) is 0.562. The number of anilines is 1. The van der Waals surface area contributed by atoms with Gasteiger partial charge in [0, 0.05) is 19.2 Å². The molecule has 0 bridgehead atoms. The van der Waals surface area contributed by atoms with Crippen molar-refractivity contribution >= 4 is 23.3 Å². The summed E-state index contributed by atoms with van der Waals surface area (Å²) in [5, 5.41) is 15.2. The highest BCUT2D eigenvalue weighted by Crippen LogP contribution is 2.30. The molecule has 0 aliphatic carbocycles. The summed E-state index contributed by atoms with van der Waals surface area (Å²) in [6.45, 7) is 4.76. The van der Waals surface area contributed by atoms with Crippen molar-refractivity contribution in [2.45, 2.75) is 33.1 Å². The highest BCUT2D eigenvalue weighted by molar-refractivity contribution is 6.33. The van der Waals surface area contributed by atoms with Crippen molar-refractivity contribution < 1.29 is 14.6 Å². The molecule has 0 saturated carbocycles. The molecule has 0 aliphatic rings. The molecule has 1 rings (SSSR count). The maximum absolute atomic E-state index is 12.1. The molecule has 6 heteroatoms. The van der Waals surface area contributed by atoms with Crippen molar-refractivity contribution in [3.8, 4) is 5.75 Å². The smallest absolute Gasteiger partial charge is 0.319 e. The van der Waals surface area contributed by atoms with Gasteiger partial charge in [0.2, 0.25) is 0 Å². The monoisotopic (exact) mass is 328 g/mol. The van der Waals surface area contributed by atoms with Gasteiger partial charge in [0.15, 0.2) is 0 Å². The van der Waals surface area contributed by atoms with E-state index in [0.717, 1.165) is 12.8 Å². The number of aliphatic hydroxyl groups excluding tert-OH is 1. The van der Waals surface area contributed by atoms with E-state index in [9.17, 15) is 9.90 Å². The summed E-state index contributed by atoms with van der Waals surface area (Å²) in [7, 11) is 1.55. The molecular formula is C16H25ClN2O3. The van der Waals surface area contributed by atoms with Crippen LogP contribution in [-0.4, -0.2) is 31.4 Å². The van der Waals surface area contributed by atoms with E-state index in [2.05, 4.69) is 24.5 Å². The Labute approximate surface area is 137 Å². The fourth-order valence-corrected chi connectivity index (χ4v) is 2.51. The van der Waals surface area contributed by atoms with Crippen molar-refractivity contribution in [2.24, 2.45) is 5.41 Å². The number of rotatable bonds is 8. The van der Waals surface area contributed by atoms with Crippen molar-refractivity contribution in [1.29, 1.82) is 0 Å². The van der Waals surface area contributed by atoms with Gasteiger partial charge >= 0.3 is 6.03 Å². The Hall–Kier alpha value is -1.46. The molecule has 0 unspecified atom stereocenters. The van der Waals surface area contributed by atoms with Gasteiger partial charge < -0.3 is 20.5 Å². The van der Waals surface area contributed by atoms with Crippen molar-refractivity contribution in [2.75, 3.05) is 25.6 Å². The number of nitrogens with one attached hydrogen (secondary N) is 2. The van der Waals surface area contributed by atoms with Crippen LogP contribution in [0.25, 0.3) is 0 Å². The third-order valence-electron chi connectivity index (χ3n) is 4.19. The number of urea groups is 1. The molecule has 0 heterocycles. The van der Waals surface area contributed by atoms with E-state index in [1.54, 1.807) is 25.3 Å². The van der Waals surface area contributed by atoms with Crippen LogP contribution in [-0.2, 0) is 0 Å². The number of aliphatic hydroxyl groups is 1. The minimum absolute atomic E-state index is 0.0791. The van der Waals surface area contributed by atoms with E-state index in [1.807, 2.05) is 0 Å². The zero-order valence-electron chi connectivity index (χ0n) is 13.4. The Kier molecular flexibility index (Phi) is 7.48. The SMILES string of the molecule is CCC(CC)(CCO)CNC(=O)Nc1cc(OC)ccc1Cl. The molecule has 0 radical (unpaired) electrons. The summed E-state index contributed by atoms with van der Waals surface area (Å²) in [6.07, 6.45) is 2.45. The molecule has 3 N–H and O–H groups in total. The average molecular weight is 329 g/mol. The molecule has 0 saturated heterocycles. The van der Waals surface area contributed by atoms with Gasteiger partial charge in [0.05, 0.1) is 17.8 Å². The first-order valence-corrected chi connectivity index (χ1v) is 7.87. The second kappa shape index (κ2) is 8.86. The quantitative estimate of drug-likeness (QED) is 0.682. The van der Waals surface area contributed by atoms with Crippen LogP contribution in [0.5, 0.6) is 5.75 Å². The fourth-order valence-electron chi connectivity index (χ4n) is 2.34. The van der Waals surface area contributed by atoms with E-state index < -0.39 is 0 Å². The van der Waals surface area contributed by atoms with Gasteiger partial charge in [-0.1, -0.05) is 25.4 Å². The lowest BCUT2D eigenvalue weighted by Gasteiger charge is -2.31. The van der Waals surface area contributed by atoms with Crippen LogP contribution in [0.1, 0.15) is 33.1 Å². The van der Waals surface area contributed by atoms with E-state index in [4.69, 9.17) is 16.3 Å². The lowest BCUT2D eigenvalue weighted by atomic mass is 9.79. The zero-order valence-corrected chi connectivity index (χ0v) is 14.2. The number of carbonyl (C=O) groups is 1. The van der Waals surface area contributed by atoms with Crippen LogP contribution in [0.4, 0.5) is 10.5 Å². The van der Waals surface area contributed by atoms with Crippen LogP contribution in [0.2, 0.25) is 5.02 Å². The van der Waals surface area contributed by atoms with Gasteiger partial charge in [-0.15, -0.1) is 0 Å². The molecule has 2 amide bonds. The first kappa shape index (κ1) is 18.6. The van der Waals surface area contributed by atoms with Gasteiger partial charge in [-0.2, -0.15) is 0 Å². The molecule has 0 atom stereocenters. The molecule has 1 aromatic rings. The summed E-state index contributed by atoms with van der Waals surface area (Å²) in [5.74, 6) is 0.622. The van der Waals surface area contributed by atoms with Gasteiger partial charge in [0.25, 0.3) is 0 Å². The first-order valence-electron chi connectivity index (χ1n) is 7.49. The third-order valence-corrected chi connectivity index (χ3v) is 4.52. The largest absolute Gasteiger partial charge is 0.497 e. The first-order chi connectivity index (χ1) is 10.5. The van der Waals surface area contributed by atoms with Crippen LogP contribution < -0.4 is 15.4 Å². The number of ether oxygens (including phenoxy) is 1. The Morgan fingerprint density at radius 3 is 2.59 bits per heavy atom. The minimum atomic E-state index is -0.320. The summed E-state index contributed by atoms with van der Waals surface area (Å²) < 4.78 is 5.11. The van der Waals surface area contributed by atoms with Gasteiger partial charge in [-0.05, 0) is 36.8 Å². The normalized spacial score (nSPS) is 11.1. The van der Waals surface area contributed by atoms with Crippen molar-refractivity contribution in [3.05, 3.63) is 23.2 Å². The lowest BCUT2D eigenvalue weighted by Crippen LogP contribution is -2.39. The third kappa shape index (κ3) is 5.07. The molecule has 1 aromatic carbocycles. The van der Waals surface area contributed by atoms with E-state index >= 15 is 0 Å². The summed E-state index contributed by atoms with van der Waals surface area (Å²) >= 11 is 6.06. The molecule has 22 heavy (non-hydrogen) atoms. The summed E-state index contributed by atoms with van der Waals surface area (Å²) in [6, 6.07) is 4.75. The maximum Gasteiger partial charge on any atom is 0.319 e. The molecule has 124 valence electrons. The van der Waals surface area contributed by atoms with Crippen molar-refractivity contribution in [3.63, 3.8) is 0 Å². The van der Waals surface area contributed by atoms with Crippen LogP contribution in [0, 0.1) is 5.41 Å². The summed E-state index contributed by atoms with van der Waals surface area (Å²) in [5.41, 5.74) is 0.420. The predicted molar refractivity (Wildman–Crippen MR) is 89.7 cm³/mol. The molecular weight excluding hydrogens is 304 g/mol. The van der Waals surface area contributed by atoms with Crippen LogP contribution in [0.15, 0.2) is 18.2 Å². The van der Waals surface area contributed by atoms with Crippen molar-refractivity contribution in [1.82, 2.24) is 5.32 Å². The Balaban J connectivity index is 2.66. The number of halogens is 1. The lowest BCUT2D eigenvalue weighted by molar-refractivity contribution is 0.165. The number of carbonyl (C=O) groups excluding carboxylic acids is 1. The Morgan fingerprint density at radius 2 is 2.05 bits per heavy atom. The van der Waals surface area contributed by atoms with Crippen LogP contribution in [0.3, 0.4) is 0 Å². The molecule has 0 spiro atoms. The second-order valence-electron chi connectivity index (χ2n) is 5.33. The number of hydrogen-bond donors (Lipinski definition) is 3. The maximum atomic E-state index is 12.1. The second-order valence-corrected chi connectivity index (χ2v) is 5.74. The number of methoxy groups -OCH3 is 1. The predicted octanol–water partition coefficient (Wildman–Crippen LogP) is 3.66. The molecule has 0 aliphatic heterocycles. The van der Waals surface area contributed by atoms with E-state index in [1.165, 1.54) is 0 Å². The Bertz CT molecular complexity index is 490.